The average Bonchev–Trinajstić information content (AvgIpc) is 3.07. The molecule has 5 nitrogen and oxygen atoms in total. The van der Waals surface area contributed by atoms with Gasteiger partial charge in [0.25, 0.3) is 5.56 Å². The average molecular weight is 389 g/mol. The largest absolute Gasteiger partial charge is 0.326 e. The van der Waals surface area contributed by atoms with E-state index in [1.165, 1.54) is 0 Å². The summed E-state index contributed by atoms with van der Waals surface area (Å²) < 4.78 is 0. The SMILES string of the molecule is O=c1[nH]c(Nc2cc(Cl)cc(Cl)c2)nc2nccc(-c3ccsc3)c12. The van der Waals surface area contributed by atoms with E-state index in [1.54, 1.807) is 35.7 Å². The third-order valence-corrected chi connectivity index (χ3v) is 4.68. The van der Waals surface area contributed by atoms with Crippen molar-refractivity contribution in [2.75, 3.05) is 5.32 Å². The molecular formula is C17H10Cl2N4OS. The van der Waals surface area contributed by atoms with E-state index in [0.717, 1.165) is 11.1 Å². The fourth-order valence-electron chi connectivity index (χ4n) is 2.54. The van der Waals surface area contributed by atoms with Crippen LogP contribution < -0.4 is 10.9 Å². The lowest BCUT2D eigenvalue weighted by molar-refractivity contribution is 1.14. The zero-order chi connectivity index (χ0) is 17.4. The minimum atomic E-state index is -0.269. The number of anilines is 2. The van der Waals surface area contributed by atoms with E-state index < -0.39 is 0 Å². The molecule has 1 aromatic carbocycles. The normalized spacial score (nSPS) is 11.0. The molecule has 0 atom stereocenters. The molecule has 25 heavy (non-hydrogen) atoms. The molecule has 4 rings (SSSR count). The summed E-state index contributed by atoms with van der Waals surface area (Å²) in [4.78, 5) is 24.0. The number of hydrogen-bond acceptors (Lipinski definition) is 5. The van der Waals surface area contributed by atoms with Crippen LogP contribution in [0.3, 0.4) is 0 Å². The quantitative estimate of drug-likeness (QED) is 0.512. The molecule has 0 unspecified atom stereocenters. The van der Waals surface area contributed by atoms with Crippen LogP contribution in [-0.2, 0) is 0 Å². The predicted octanol–water partition coefficient (Wildman–Crippen LogP) is 5.10. The molecule has 0 amide bonds. The maximum Gasteiger partial charge on any atom is 0.262 e. The Labute approximate surface area is 156 Å². The molecule has 3 heterocycles. The molecule has 0 fully saturated rings. The Balaban J connectivity index is 1.82. The van der Waals surface area contributed by atoms with Gasteiger partial charge in [-0.3, -0.25) is 9.78 Å². The van der Waals surface area contributed by atoms with Crippen molar-refractivity contribution in [3.05, 3.63) is 67.7 Å². The first kappa shape index (κ1) is 16.1. The predicted molar refractivity (Wildman–Crippen MR) is 103 cm³/mol. The molecule has 4 aromatic rings. The van der Waals surface area contributed by atoms with Gasteiger partial charge in [0.05, 0.1) is 5.39 Å². The number of rotatable bonds is 3. The molecule has 0 bridgehead atoms. The molecule has 0 spiro atoms. The van der Waals surface area contributed by atoms with Crippen LogP contribution in [-0.4, -0.2) is 15.0 Å². The minimum absolute atomic E-state index is 0.269. The fraction of sp³-hybridized carbons (Fsp3) is 0. The Bertz CT molecular complexity index is 1110. The van der Waals surface area contributed by atoms with Crippen LogP contribution >= 0.6 is 34.5 Å². The first-order chi connectivity index (χ1) is 12.1. The second kappa shape index (κ2) is 6.48. The first-order valence-electron chi connectivity index (χ1n) is 7.25. The maximum absolute atomic E-state index is 12.6. The van der Waals surface area contributed by atoms with Gasteiger partial charge >= 0.3 is 0 Å². The molecule has 0 saturated carbocycles. The fourth-order valence-corrected chi connectivity index (χ4v) is 3.73. The summed E-state index contributed by atoms with van der Waals surface area (Å²) in [5, 5.41) is 8.36. The Morgan fingerprint density at radius 1 is 1.12 bits per heavy atom. The molecule has 0 aliphatic carbocycles. The minimum Gasteiger partial charge on any atom is -0.326 e. The van der Waals surface area contributed by atoms with Crippen molar-refractivity contribution in [1.82, 2.24) is 15.0 Å². The van der Waals surface area contributed by atoms with E-state index in [2.05, 4.69) is 20.3 Å². The number of pyridine rings is 1. The van der Waals surface area contributed by atoms with Gasteiger partial charge in [-0.2, -0.15) is 16.3 Å². The second-order valence-corrected chi connectivity index (χ2v) is 6.92. The van der Waals surface area contributed by atoms with Crippen molar-refractivity contribution < 1.29 is 0 Å². The summed E-state index contributed by atoms with van der Waals surface area (Å²) in [6, 6.07) is 8.77. The van der Waals surface area contributed by atoms with Crippen molar-refractivity contribution >= 4 is 57.2 Å². The van der Waals surface area contributed by atoms with E-state index in [1.807, 2.05) is 22.9 Å². The van der Waals surface area contributed by atoms with Gasteiger partial charge in [-0.25, -0.2) is 4.98 Å². The van der Waals surface area contributed by atoms with Crippen molar-refractivity contribution in [3.63, 3.8) is 0 Å². The van der Waals surface area contributed by atoms with Gasteiger partial charge in [-0.05, 0) is 46.7 Å². The van der Waals surface area contributed by atoms with Gasteiger partial charge < -0.3 is 5.32 Å². The van der Waals surface area contributed by atoms with Gasteiger partial charge in [0.1, 0.15) is 0 Å². The van der Waals surface area contributed by atoms with Crippen molar-refractivity contribution in [3.8, 4) is 11.1 Å². The Morgan fingerprint density at radius 2 is 1.92 bits per heavy atom. The summed E-state index contributed by atoms with van der Waals surface area (Å²) in [6.07, 6.45) is 1.64. The summed E-state index contributed by atoms with van der Waals surface area (Å²) >= 11 is 13.6. The van der Waals surface area contributed by atoms with E-state index in [9.17, 15) is 4.79 Å². The summed E-state index contributed by atoms with van der Waals surface area (Å²) in [7, 11) is 0. The summed E-state index contributed by atoms with van der Waals surface area (Å²) in [5.74, 6) is 0.269. The number of aromatic amines is 1. The highest BCUT2D eigenvalue weighted by Crippen LogP contribution is 2.27. The number of aromatic nitrogens is 3. The van der Waals surface area contributed by atoms with Crippen LogP contribution in [0.4, 0.5) is 11.6 Å². The smallest absolute Gasteiger partial charge is 0.262 e. The Morgan fingerprint density at radius 3 is 2.64 bits per heavy atom. The van der Waals surface area contributed by atoms with E-state index in [4.69, 9.17) is 23.2 Å². The van der Waals surface area contributed by atoms with Gasteiger partial charge in [0.2, 0.25) is 5.95 Å². The van der Waals surface area contributed by atoms with Crippen LogP contribution in [0.15, 0.2) is 52.1 Å². The monoisotopic (exact) mass is 388 g/mol. The number of fused-ring (bicyclic) bond motifs is 1. The molecule has 8 heteroatoms. The molecule has 0 aliphatic rings. The topological polar surface area (TPSA) is 70.7 Å². The number of nitrogens with zero attached hydrogens (tertiary/aromatic N) is 2. The van der Waals surface area contributed by atoms with Crippen LogP contribution in [0.1, 0.15) is 0 Å². The lowest BCUT2D eigenvalue weighted by atomic mass is 10.1. The molecule has 2 N–H and O–H groups in total. The molecule has 0 radical (unpaired) electrons. The summed E-state index contributed by atoms with van der Waals surface area (Å²) in [6.45, 7) is 0. The van der Waals surface area contributed by atoms with Gasteiger partial charge in [-0.15, -0.1) is 0 Å². The summed E-state index contributed by atoms with van der Waals surface area (Å²) in [5.41, 5.74) is 2.48. The van der Waals surface area contributed by atoms with Crippen LogP contribution in [0, 0.1) is 0 Å². The number of thiophene rings is 1. The van der Waals surface area contributed by atoms with Crippen LogP contribution in [0.5, 0.6) is 0 Å². The number of halogens is 2. The zero-order valence-corrected chi connectivity index (χ0v) is 14.9. The Hall–Kier alpha value is -2.41. The highest BCUT2D eigenvalue weighted by atomic mass is 35.5. The number of nitrogens with one attached hydrogen (secondary N) is 2. The number of benzene rings is 1. The zero-order valence-electron chi connectivity index (χ0n) is 12.6. The van der Waals surface area contributed by atoms with Gasteiger partial charge in [-0.1, -0.05) is 23.2 Å². The number of H-pyrrole nitrogens is 1. The lowest BCUT2D eigenvalue weighted by Gasteiger charge is -2.08. The number of hydrogen-bond donors (Lipinski definition) is 2. The highest BCUT2D eigenvalue weighted by molar-refractivity contribution is 7.08. The molecule has 0 saturated heterocycles. The molecule has 3 aromatic heterocycles. The van der Waals surface area contributed by atoms with Crippen LogP contribution in [0.25, 0.3) is 22.2 Å². The van der Waals surface area contributed by atoms with Crippen molar-refractivity contribution in [1.29, 1.82) is 0 Å². The van der Waals surface area contributed by atoms with Gasteiger partial charge in [0.15, 0.2) is 5.65 Å². The maximum atomic E-state index is 12.6. The van der Waals surface area contributed by atoms with Gasteiger partial charge in [0, 0.05) is 27.5 Å². The lowest BCUT2D eigenvalue weighted by Crippen LogP contribution is -2.13. The van der Waals surface area contributed by atoms with E-state index >= 15 is 0 Å². The van der Waals surface area contributed by atoms with E-state index in [-0.39, 0.29) is 11.5 Å². The molecule has 0 aliphatic heterocycles. The van der Waals surface area contributed by atoms with Crippen LogP contribution in [0.2, 0.25) is 10.0 Å². The third kappa shape index (κ3) is 3.24. The standard InChI is InChI=1S/C17H10Cl2N4OS/c18-10-5-11(19)7-12(6-10)21-17-22-15-14(16(24)23-17)13(1-3-20-15)9-2-4-25-8-9/h1-8H,(H2,20,21,22,23,24). The molecule has 124 valence electrons. The van der Waals surface area contributed by atoms with Crippen molar-refractivity contribution in [2.45, 2.75) is 0 Å². The highest BCUT2D eigenvalue weighted by Gasteiger charge is 2.12. The first-order valence-corrected chi connectivity index (χ1v) is 8.95. The van der Waals surface area contributed by atoms with Crippen molar-refractivity contribution in [2.24, 2.45) is 0 Å². The second-order valence-electron chi connectivity index (χ2n) is 5.27. The molecular weight excluding hydrogens is 379 g/mol. The van der Waals surface area contributed by atoms with E-state index in [0.29, 0.717) is 26.8 Å². The Kier molecular flexibility index (Phi) is 4.17. The third-order valence-electron chi connectivity index (χ3n) is 3.57.